The van der Waals surface area contributed by atoms with Gasteiger partial charge >= 0.3 is 0 Å². The van der Waals surface area contributed by atoms with Crippen molar-refractivity contribution in [2.24, 2.45) is 0 Å². The van der Waals surface area contributed by atoms with E-state index in [1.165, 1.54) is 25.2 Å². The molecule has 1 amide bonds. The summed E-state index contributed by atoms with van der Waals surface area (Å²) in [5.41, 5.74) is 0.667. The van der Waals surface area contributed by atoms with Crippen molar-refractivity contribution in [2.75, 3.05) is 25.0 Å². The topological polar surface area (TPSA) is 95.7 Å². The molecule has 7 nitrogen and oxygen atoms in total. The number of aliphatic hydroxyl groups is 1. The van der Waals surface area contributed by atoms with Gasteiger partial charge in [-0.25, -0.2) is 0 Å². The number of carbonyl (C=O) groups is 1. The highest BCUT2D eigenvalue weighted by molar-refractivity contribution is 5.95. The number of nitrogens with one attached hydrogen (secondary N) is 1. The number of hydrogen-bond acceptors (Lipinski definition) is 5. The Hall–Kier alpha value is -2.15. The van der Waals surface area contributed by atoms with Crippen molar-refractivity contribution in [2.45, 2.75) is 6.10 Å². The molecule has 0 atom stereocenters. The van der Waals surface area contributed by atoms with E-state index in [2.05, 4.69) is 5.32 Å². The molecule has 1 aliphatic rings. The van der Waals surface area contributed by atoms with Gasteiger partial charge in [-0.15, -0.1) is 0 Å². The third-order valence-electron chi connectivity index (χ3n) is 2.86. The highest BCUT2D eigenvalue weighted by atomic mass is 16.6. The van der Waals surface area contributed by atoms with E-state index in [-0.39, 0.29) is 11.6 Å². The van der Waals surface area contributed by atoms with Gasteiger partial charge < -0.3 is 15.3 Å². The van der Waals surface area contributed by atoms with E-state index in [1.807, 2.05) is 0 Å². The third-order valence-corrected chi connectivity index (χ3v) is 2.86. The quantitative estimate of drug-likeness (QED) is 0.588. The zero-order valence-electron chi connectivity index (χ0n) is 9.79. The lowest BCUT2D eigenvalue weighted by atomic mass is 10.1. The van der Waals surface area contributed by atoms with Gasteiger partial charge in [-0.05, 0) is 12.1 Å². The van der Waals surface area contributed by atoms with Crippen LogP contribution in [0, 0.1) is 10.1 Å². The Morgan fingerprint density at radius 2 is 2.22 bits per heavy atom. The maximum atomic E-state index is 11.5. The number of amides is 1. The second-order valence-corrected chi connectivity index (χ2v) is 4.10. The van der Waals surface area contributed by atoms with Gasteiger partial charge in [0.05, 0.1) is 11.0 Å². The molecule has 1 aliphatic heterocycles. The first-order valence-electron chi connectivity index (χ1n) is 5.46. The maximum Gasteiger partial charge on any atom is 0.292 e. The van der Waals surface area contributed by atoms with Crippen molar-refractivity contribution in [3.63, 3.8) is 0 Å². The number of nitrogens with zero attached hydrogens (tertiary/aromatic N) is 2. The van der Waals surface area contributed by atoms with Crippen LogP contribution in [0.1, 0.15) is 10.4 Å². The molecule has 0 saturated carbocycles. The molecule has 0 radical (unpaired) electrons. The first kappa shape index (κ1) is 12.3. The third kappa shape index (κ3) is 2.12. The molecule has 2 N–H and O–H groups in total. The van der Waals surface area contributed by atoms with Crippen LogP contribution in [0.25, 0.3) is 0 Å². The minimum Gasteiger partial charge on any atom is -0.389 e. The standard InChI is InChI=1S/C11H13N3O4/c1-12-11(16)7-2-3-9(14(17)18)10(4-7)13-5-8(15)6-13/h2-4,8,15H,5-6H2,1H3,(H,12,16). The van der Waals surface area contributed by atoms with Gasteiger partial charge in [0.15, 0.2) is 0 Å². The lowest BCUT2D eigenvalue weighted by Gasteiger charge is -2.37. The molecule has 0 aromatic heterocycles. The molecule has 2 rings (SSSR count). The van der Waals surface area contributed by atoms with Gasteiger partial charge in [0.25, 0.3) is 11.6 Å². The van der Waals surface area contributed by atoms with E-state index in [9.17, 15) is 20.0 Å². The highest BCUT2D eigenvalue weighted by Crippen LogP contribution is 2.32. The van der Waals surface area contributed by atoms with Crippen LogP contribution in [0.3, 0.4) is 0 Å². The predicted octanol–water partition coefficient (Wildman–Crippen LogP) is 0.135. The molecule has 96 valence electrons. The molecule has 0 spiro atoms. The fourth-order valence-corrected chi connectivity index (χ4v) is 1.87. The Morgan fingerprint density at radius 3 is 2.72 bits per heavy atom. The number of rotatable bonds is 3. The molecular weight excluding hydrogens is 238 g/mol. The summed E-state index contributed by atoms with van der Waals surface area (Å²) in [5, 5.41) is 22.6. The van der Waals surface area contributed by atoms with Crippen molar-refractivity contribution in [3.05, 3.63) is 33.9 Å². The second kappa shape index (κ2) is 4.61. The minimum atomic E-state index is -0.492. The maximum absolute atomic E-state index is 11.5. The fourth-order valence-electron chi connectivity index (χ4n) is 1.87. The smallest absolute Gasteiger partial charge is 0.292 e. The minimum absolute atomic E-state index is 0.0606. The largest absolute Gasteiger partial charge is 0.389 e. The summed E-state index contributed by atoms with van der Waals surface area (Å²) in [5.74, 6) is -0.299. The monoisotopic (exact) mass is 251 g/mol. The van der Waals surface area contributed by atoms with Gasteiger partial charge in [0, 0.05) is 31.8 Å². The molecule has 1 fully saturated rings. The Balaban J connectivity index is 2.38. The molecule has 1 heterocycles. The van der Waals surface area contributed by atoms with Gasteiger partial charge in [-0.3, -0.25) is 14.9 Å². The van der Waals surface area contributed by atoms with Crippen LogP contribution >= 0.6 is 0 Å². The van der Waals surface area contributed by atoms with Gasteiger partial charge in [-0.2, -0.15) is 0 Å². The van der Waals surface area contributed by atoms with Crippen LogP contribution in [-0.4, -0.2) is 42.2 Å². The number of β-amino-alcohol motifs (C(OH)–C–C–N with tert-alkyl or cyclic N) is 1. The average molecular weight is 251 g/mol. The summed E-state index contributed by atoms with van der Waals surface area (Å²) in [6, 6.07) is 4.20. The molecule has 0 bridgehead atoms. The van der Waals surface area contributed by atoms with E-state index in [1.54, 1.807) is 4.90 Å². The van der Waals surface area contributed by atoms with E-state index < -0.39 is 11.0 Å². The summed E-state index contributed by atoms with van der Waals surface area (Å²) >= 11 is 0. The number of benzene rings is 1. The van der Waals surface area contributed by atoms with Crippen molar-refractivity contribution in [1.82, 2.24) is 5.32 Å². The summed E-state index contributed by atoms with van der Waals surface area (Å²) in [7, 11) is 1.50. The SMILES string of the molecule is CNC(=O)c1ccc([N+](=O)[O-])c(N2CC(O)C2)c1. The van der Waals surface area contributed by atoms with E-state index in [4.69, 9.17) is 0 Å². The van der Waals surface area contributed by atoms with E-state index in [0.29, 0.717) is 24.3 Å². The van der Waals surface area contributed by atoms with Crippen molar-refractivity contribution >= 4 is 17.3 Å². The first-order valence-corrected chi connectivity index (χ1v) is 5.46. The lowest BCUT2D eigenvalue weighted by molar-refractivity contribution is -0.384. The van der Waals surface area contributed by atoms with Crippen LogP contribution in [0.5, 0.6) is 0 Å². The summed E-state index contributed by atoms with van der Waals surface area (Å²) < 4.78 is 0. The number of carbonyl (C=O) groups excluding carboxylic acids is 1. The fraction of sp³-hybridized carbons (Fsp3) is 0.364. The van der Waals surface area contributed by atoms with Gasteiger partial charge in [0.1, 0.15) is 5.69 Å². The first-order chi connectivity index (χ1) is 8.52. The van der Waals surface area contributed by atoms with Crippen LogP contribution in [-0.2, 0) is 0 Å². The number of anilines is 1. The molecule has 18 heavy (non-hydrogen) atoms. The number of nitro benzene ring substituents is 1. The zero-order chi connectivity index (χ0) is 13.3. The van der Waals surface area contributed by atoms with Crippen molar-refractivity contribution < 1.29 is 14.8 Å². The molecule has 1 saturated heterocycles. The van der Waals surface area contributed by atoms with Crippen molar-refractivity contribution in [3.8, 4) is 0 Å². The number of aliphatic hydroxyl groups excluding tert-OH is 1. The summed E-state index contributed by atoms with van der Waals surface area (Å²) in [4.78, 5) is 23.6. The van der Waals surface area contributed by atoms with Gasteiger partial charge in [0.2, 0.25) is 0 Å². The number of nitro groups is 1. The summed E-state index contributed by atoms with van der Waals surface area (Å²) in [6.45, 7) is 0.691. The molecule has 7 heteroatoms. The second-order valence-electron chi connectivity index (χ2n) is 4.10. The molecule has 1 aromatic rings. The Labute approximate surface area is 103 Å². The lowest BCUT2D eigenvalue weighted by Crippen LogP contribution is -2.51. The van der Waals surface area contributed by atoms with E-state index in [0.717, 1.165) is 0 Å². The van der Waals surface area contributed by atoms with Crippen LogP contribution < -0.4 is 10.2 Å². The van der Waals surface area contributed by atoms with Gasteiger partial charge in [-0.1, -0.05) is 0 Å². The molecule has 1 aromatic carbocycles. The van der Waals surface area contributed by atoms with Crippen LogP contribution in [0.2, 0.25) is 0 Å². The average Bonchev–Trinajstić information content (AvgIpc) is 2.33. The Kier molecular flexibility index (Phi) is 3.15. The Morgan fingerprint density at radius 1 is 1.56 bits per heavy atom. The van der Waals surface area contributed by atoms with Crippen molar-refractivity contribution in [1.29, 1.82) is 0 Å². The highest BCUT2D eigenvalue weighted by Gasteiger charge is 2.30. The summed E-state index contributed by atoms with van der Waals surface area (Å²) in [6.07, 6.45) is -0.465. The van der Waals surface area contributed by atoms with Crippen LogP contribution in [0.15, 0.2) is 18.2 Å². The zero-order valence-corrected chi connectivity index (χ0v) is 9.79. The Bertz CT molecular complexity index is 497. The molecular formula is C11H13N3O4. The normalized spacial score (nSPS) is 15.1. The van der Waals surface area contributed by atoms with E-state index >= 15 is 0 Å². The van der Waals surface area contributed by atoms with Crippen LogP contribution in [0.4, 0.5) is 11.4 Å². The predicted molar refractivity (Wildman–Crippen MR) is 64.7 cm³/mol. The molecule has 0 aliphatic carbocycles. The molecule has 0 unspecified atom stereocenters. The number of hydrogen-bond donors (Lipinski definition) is 2.